The van der Waals surface area contributed by atoms with Gasteiger partial charge in [0.2, 0.25) is 0 Å². The SMILES string of the molecule is C1CC2CC1C1CC3CC3C21.C1CC2OC2C1.C1CCC2OC2C1.CC.CC.CC.CCC1(C)COC1. The van der Waals surface area contributed by atoms with Crippen molar-refractivity contribution in [3.8, 4) is 0 Å². The van der Waals surface area contributed by atoms with Crippen LogP contribution in [0.3, 0.4) is 0 Å². The number of hydrogen-bond acceptors (Lipinski definition) is 3. The second-order valence-electron chi connectivity index (χ2n) is 12.8. The monoisotopic (exact) mass is 520 g/mol. The molecule has 9 aliphatic rings. The highest BCUT2D eigenvalue weighted by Gasteiger charge is 2.62. The summed E-state index contributed by atoms with van der Waals surface area (Å²) in [6.07, 6.45) is 21.8. The summed E-state index contributed by atoms with van der Waals surface area (Å²) in [5.41, 5.74) is 0.542. The third-order valence-electron chi connectivity index (χ3n) is 10.5. The normalized spacial score (nSPS) is 43.8. The van der Waals surface area contributed by atoms with Crippen LogP contribution in [0.1, 0.15) is 139 Å². The Morgan fingerprint density at radius 2 is 1.03 bits per heavy atom. The first-order valence-corrected chi connectivity index (χ1v) is 17.0. The maximum atomic E-state index is 5.28. The van der Waals surface area contributed by atoms with E-state index in [1.165, 1.54) is 86.9 Å². The summed E-state index contributed by atoms with van der Waals surface area (Å²) in [4.78, 5) is 0. The van der Waals surface area contributed by atoms with Crippen molar-refractivity contribution in [3.05, 3.63) is 0 Å². The Bertz CT molecular complexity index is 607. The third-order valence-corrected chi connectivity index (χ3v) is 10.5. The van der Waals surface area contributed by atoms with Gasteiger partial charge in [0, 0.05) is 5.41 Å². The van der Waals surface area contributed by atoms with Crippen LogP contribution in [0.5, 0.6) is 0 Å². The fraction of sp³-hybridized carbons (Fsp3) is 1.00. The lowest BCUT2D eigenvalue weighted by atomic mass is 9.79. The minimum atomic E-state index is 0.542. The molecule has 0 aromatic heterocycles. The Morgan fingerprint density at radius 1 is 0.568 bits per heavy atom. The van der Waals surface area contributed by atoms with Crippen molar-refractivity contribution in [2.75, 3.05) is 13.2 Å². The average Bonchev–Trinajstić information content (AvgIpc) is 3.89. The molecule has 3 heteroatoms. The number of rotatable bonds is 1. The lowest BCUT2D eigenvalue weighted by Gasteiger charge is -2.36. The minimum absolute atomic E-state index is 0.542. The molecule has 37 heavy (non-hydrogen) atoms. The van der Waals surface area contributed by atoms with E-state index in [1.54, 1.807) is 32.1 Å². The van der Waals surface area contributed by atoms with E-state index in [9.17, 15) is 0 Å². The predicted octanol–water partition coefficient (Wildman–Crippen LogP) is 9.47. The van der Waals surface area contributed by atoms with Crippen molar-refractivity contribution < 1.29 is 14.2 Å². The molecule has 9 rings (SSSR count). The first-order valence-electron chi connectivity index (χ1n) is 17.0. The Kier molecular flexibility index (Phi) is 12.8. The second kappa shape index (κ2) is 15.0. The van der Waals surface area contributed by atoms with Crippen molar-refractivity contribution in [3.63, 3.8) is 0 Å². The van der Waals surface area contributed by atoms with Gasteiger partial charge in [0.05, 0.1) is 37.6 Å². The van der Waals surface area contributed by atoms with Crippen molar-refractivity contribution in [2.45, 2.75) is 163 Å². The van der Waals surface area contributed by atoms with Crippen LogP contribution in [0, 0.1) is 40.9 Å². The number of fused-ring (bicyclic) bond motifs is 9. The fourth-order valence-electron chi connectivity index (χ4n) is 8.07. The minimum Gasteiger partial charge on any atom is -0.380 e. The first-order chi connectivity index (χ1) is 18.1. The molecule has 3 heterocycles. The molecule has 0 amide bonds. The fourth-order valence-corrected chi connectivity index (χ4v) is 8.07. The van der Waals surface area contributed by atoms with Crippen LogP contribution in [0.2, 0.25) is 0 Å². The van der Waals surface area contributed by atoms with Crippen LogP contribution in [0.4, 0.5) is 0 Å². The second-order valence-corrected chi connectivity index (χ2v) is 12.8. The summed E-state index contributed by atoms with van der Waals surface area (Å²) >= 11 is 0. The molecule has 9 fully saturated rings. The Morgan fingerprint density at radius 3 is 1.38 bits per heavy atom. The van der Waals surface area contributed by atoms with Gasteiger partial charge in [-0.2, -0.15) is 0 Å². The third kappa shape index (κ3) is 8.20. The predicted molar refractivity (Wildman–Crippen MR) is 157 cm³/mol. The van der Waals surface area contributed by atoms with E-state index in [-0.39, 0.29) is 0 Å². The molecule has 6 saturated carbocycles. The summed E-state index contributed by atoms with van der Waals surface area (Å²) in [5, 5.41) is 0. The molecule has 3 aliphatic heterocycles. The molecular formula is C34H64O3. The van der Waals surface area contributed by atoms with E-state index in [4.69, 9.17) is 14.2 Å². The highest BCUT2D eigenvalue weighted by Crippen LogP contribution is 2.70. The van der Waals surface area contributed by atoms with Gasteiger partial charge >= 0.3 is 0 Å². The standard InChI is InChI=1S/C11H16.C6H10O.C6H12O.C5H8O.3C2H6/c1-2-7-3-6(1)9-4-8-5-10(8)11(7)9;1-2-4-6-5(3-1)7-6;1-3-6(2)4-7-5-6;1-2-4-5(3-1)6-4;3*1-2/h6-11H,1-5H2;5-6H,1-4H2;3-5H2,1-2H3;4-5H,1-3H2;3*1-2H3. The van der Waals surface area contributed by atoms with E-state index >= 15 is 0 Å². The van der Waals surface area contributed by atoms with Crippen LogP contribution in [-0.4, -0.2) is 37.6 Å². The molecule has 2 bridgehead atoms. The van der Waals surface area contributed by atoms with Crippen molar-refractivity contribution >= 4 is 0 Å². The van der Waals surface area contributed by atoms with E-state index in [0.29, 0.717) is 29.8 Å². The van der Waals surface area contributed by atoms with Crippen molar-refractivity contribution in [1.82, 2.24) is 0 Å². The zero-order valence-electron chi connectivity index (χ0n) is 26.1. The summed E-state index contributed by atoms with van der Waals surface area (Å²) in [7, 11) is 0. The lowest BCUT2D eigenvalue weighted by molar-refractivity contribution is -0.103. The first kappa shape index (κ1) is 31.4. The largest absolute Gasteiger partial charge is 0.380 e. The van der Waals surface area contributed by atoms with Crippen molar-refractivity contribution in [2.24, 2.45) is 40.9 Å². The smallest absolute Gasteiger partial charge is 0.0841 e. The van der Waals surface area contributed by atoms with Gasteiger partial charge in [0.1, 0.15) is 0 Å². The molecule has 0 spiro atoms. The number of epoxide rings is 2. The van der Waals surface area contributed by atoms with Gasteiger partial charge in [-0.1, -0.05) is 68.2 Å². The van der Waals surface area contributed by atoms with Crippen LogP contribution in [-0.2, 0) is 14.2 Å². The Balaban J connectivity index is 0.000000132. The van der Waals surface area contributed by atoms with Gasteiger partial charge in [-0.25, -0.2) is 0 Å². The van der Waals surface area contributed by atoms with Gasteiger partial charge < -0.3 is 14.2 Å². The molecule has 3 saturated heterocycles. The van der Waals surface area contributed by atoms with Gasteiger partial charge in [-0.3, -0.25) is 0 Å². The molecule has 218 valence electrons. The van der Waals surface area contributed by atoms with E-state index < -0.39 is 0 Å². The van der Waals surface area contributed by atoms with Gasteiger partial charge in [-0.05, 0) is 106 Å². The molecule has 0 N–H and O–H groups in total. The molecule has 0 aromatic rings. The number of ether oxygens (including phenoxy) is 3. The average molecular weight is 521 g/mol. The Hall–Kier alpha value is -0.120. The quantitative estimate of drug-likeness (QED) is 0.323. The molecule has 10 unspecified atom stereocenters. The van der Waals surface area contributed by atoms with Crippen LogP contribution in [0.15, 0.2) is 0 Å². The molecule has 0 radical (unpaired) electrons. The summed E-state index contributed by atoms with van der Waals surface area (Å²) < 4.78 is 15.5. The van der Waals surface area contributed by atoms with E-state index in [1.807, 2.05) is 41.5 Å². The molecule has 0 aromatic carbocycles. The van der Waals surface area contributed by atoms with E-state index in [0.717, 1.165) is 13.2 Å². The molecular weight excluding hydrogens is 456 g/mol. The van der Waals surface area contributed by atoms with Crippen LogP contribution < -0.4 is 0 Å². The highest BCUT2D eigenvalue weighted by molar-refractivity contribution is 5.11. The zero-order chi connectivity index (χ0) is 27.0. The van der Waals surface area contributed by atoms with Gasteiger partial charge in [0.15, 0.2) is 0 Å². The summed E-state index contributed by atoms with van der Waals surface area (Å²) in [6, 6.07) is 0. The molecule has 6 aliphatic carbocycles. The summed E-state index contributed by atoms with van der Waals surface area (Å²) in [6.45, 7) is 18.4. The maximum absolute atomic E-state index is 5.28. The lowest BCUT2D eigenvalue weighted by Crippen LogP contribution is -2.38. The van der Waals surface area contributed by atoms with E-state index in [2.05, 4.69) is 13.8 Å². The van der Waals surface area contributed by atoms with Crippen molar-refractivity contribution in [1.29, 1.82) is 0 Å². The van der Waals surface area contributed by atoms with Crippen LogP contribution in [0.25, 0.3) is 0 Å². The maximum Gasteiger partial charge on any atom is 0.0841 e. The van der Waals surface area contributed by atoms with Gasteiger partial charge in [-0.15, -0.1) is 0 Å². The Labute approximate surface area is 231 Å². The summed E-state index contributed by atoms with van der Waals surface area (Å²) in [5.74, 6) is 7.38. The number of hydrogen-bond donors (Lipinski definition) is 0. The molecule has 10 atom stereocenters. The zero-order valence-corrected chi connectivity index (χ0v) is 26.1. The molecule has 3 nitrogen and oxygen atoms in total. The highest BCUT2D eigenvalue weighted by atomic mass is 16.6. The van der Waals surface area contributed by atoms with Crippen LogP contribution >= 0.6 is 0 Å². The topological polar surface area (TPSA) is 34.3 Å². The van der Waals surface area contributed by atoms with Gasteiger partial charge in [0.25, 0.3) is 0 Å².